The molecule has 3 nitrogen and oxygen atoms in total. The number of carbonyl (C=O) groups excluding carboxylic acids is 1. The van der Waals surface area contributed by atoms with Crippen molar-refractivity contribution in [2.45, 2.75) is 19.5 Å². The van der Waals surface area contributed by atoms with E-state index in [-0.39, 0.29) is 5.91 Å². The van der Waals surface area contributed by atoms with Crippen LogP contribution in [-0.2, 0) is 11.3 Å². The molecule has 20 heavy (non-hydrogen) atoms. The predicted octanol–water partition coefficient (Wildman–Crippen LogP) is 2.65. The maximum Gasteiger partial charge on any atom is 0.244 e. The molecule has 0 spiro atoms. The molecule has 0 bridgehead atoms. The van der Waals surface area contributed by atoms with E-state index in [2.05, 4.69) is 6.07 Å². The molecule has 0 aliphatic rings. The van der Waals surface area contributed by atoms with Crippen LogP contribution in [0.4, 0.5) is 0 Å². The summed E-state index contributed by atoms with van der Waals surface area (Å²) in [5.41, 5.74) is 9.18. The summed E-state index contributed by atoms with van der Waals surface area (Å²) in [5, 5.41) is 0. The van der Waals surface area contributed by atoms with Crippen LogP contribution in [-0.4, -0.2) is 17.9 Å². The van der Waals surface area contributed by atoms with Gasteiger partial charge in [-0.25, -0.2) is 0 Å². The average Bonchev–Trinajstić information content (AvgIpc) is 2.46. The zero-order valence-corrected chi connectivity index (χ0v) is 11.9. The molecule has 0 saturated carbocycles. The Morgan fingerprint density at radius 1 is 1.15 bits per heavy atom. The Balaban J connectivity index is 2.05. The summed E-state index contributed by atoms with van der Waals surface area (Å²) in [7, 11) is 1.79. The van der Waals surface area contributed by atoms with E-state index in [0.717, 1.165) is 11.1 Å². The Kier molecular flexibility index (Phi) is 4.53. The largest absolute Gasteiger partial charge is 0.340 e. The van der Waals surface area contributed by atoms with Gasteiger partial charge in [0.1, 0.15) is 6.04 Å². The van der Waals surface area contributed by atoms with Gasteiger partial charge in [-0.3, -0.25) is 4.79 Å². The lowest BCUT2D eigenvalue weighted by atomic mass is 10.1. The van der Waals surface area contributed by atoms with E-state index < -0.39 is 6.04 Å². The van der Waals surface area contributed by atoms with Crippen LogP contribution < -0.4 is 5.73 Å². The minimum Gasteiger partial charge on any atom is -0.340 e. The second kappa shape index (κ2) is 6.35. The van der Waals surface area contributed by atoms with E-state index in [1.54, 1.807) is 11.9 Å². The fourth-order valence-electron chi connectivity index (χ4n) is 2.20. The normalized spacial score (nSPS) is 11.9. The first-order valence-electron chi connectivity index (χ1n) is 6.69. The first-order valence-corrected chi connectivity index (χ1v) is 6.69. The topological polar surface area (TPSA) is 46.3 Å². The number of rotatable bonds is 4. The van der Waals surface area contributed by atoms with Gasteiger partial charge in [0.2, 0.25) is 5.91 Å². The fraction of sp³-hybridized carbons (Fsp3) is 0.235. The quantitative estimate of drug-likeness (QED) is 0.926. The summed E-state index contributed by atoms with van der Waals surface area (Å²) in [4.78, 5) is 14.0. The highest BCUT2D eigenvalue weighted by atomic mass is 16.2. The Labute approximate surface area is 120 Å². The smallest absolute Gasteiger partial charge is 0.244 e. The third kappa shape index (κ3) is 3.45. The van der Waals surface area contributed by atoms with Gasteiger partial charge in [0.25, 0.3) is 0 Å². The lowest BCUT2D eigenvalue weighted by molar-refractivity contribution is -0.131. The number of hydrogen-bond acceptors (Lipinski definition) is 2. The molecule has 2 N–H and O–H groups in total. The molecule has 1 amide bonds. The predicted molar refractivity (Wildman–Crippen MR) is 81.0 cm³/mol. The second-order valence-corrected chi connectivity index (χ2v) is 5.07. The maximum absolute atomic E-state index is 12.3. The molecular weight excluding hydrogens is 248 g/mol. The second-order valence-electron chi connectivity index (χ2n) is 5.07. The van der Waals surface area contributed by atoms with Crippen molar-refractivity contribution in [3.63, 3.8) is 0 Å². The molecule has 2 aromatic carbocycles. The van der Waals surface area contributed by atoms with Gasteiger partial charge < -0.3 is 10.6 Å². The minimum absolute atomic E-state index is 0.0716. The molecule has 3 heteroatoms. The van der Waals surface area contributed by atoms with Crippen LogP contribution in [0.3, 0.4) is 0 Å². The first kappa shape index (κ1) is 14.3. The van der Waals surface area contributed by atoms with Crippen molar-refractivity contribution < 1.29 is 4.79 Å². The van der Waals surface area contributed by atoms with Gasteiger partial charge in [-0.1, -0.05) is 60.2 Å². The van der Waals surface area contributed by atoms with Crippen LogP contribution in [0.15, 0.2) is 54.6 Å². The Hall–Kier alpha value is -2.13. The Morgan fingerprint density at radius 2 is 1.85 bits per heavy atom. The Bertz CT molecular complexity index is 581. The highest BCUT2D eigenvalue weighted by molar-refractivity contribution is 5.82. The lowest BCUT2D eigenvalue weighted by Gasteiger charge is -2.21. The van der Waals surface area contributed by atoms with Gasteiger partial charge in [0.05, 0.1) is 0 Å². The van der Waals surface area contributed by atoms with Crippen molar-refractivity contribution in [3.8, 4) is 0 Å². The molecule has 0 aliphatic carbocycles. The molecule has 104 valence electrons. The van der Waals surface area contributed by atoms with E-state index in [4.69, 9.17) is 5.73 Å². The van der Waals surface area contributed by atoms with Gasteiger partial charge in [0.15, 0.2) is 0 Å². The Morgan fingerprint density at radius 3 is 2.50 bits per heavy atom. The number of nitrogens with two attached hydrogens (primary N) is 1. The molecule has 1 atom stereocenters. The highest BCUT2D eigenvalue weighted by Crippen LogP contribution is 2.14. The van der Waals surface area contributed by atoms with Gasteiger partial charge in [-0.2, -0.15) is 0 Å². The zero-order chi connectivity index (χ0) is 14.5. The lowest BCUT2D eigenvalue weighted by Crippen LogP contribution is -2.35. The highest BCUT2D eigenvalue weighted by Gasteiger charge is 2.19. The number of carbonyl (C=O) groups is 1. The molecule has 0 heterocycles. The standard InChI is InChI=1S/C17H20N2O/c1-13-7-6-8-14(11-13)12-19(2)17(20)16(18)15-9-4-3-5-10-15/h3-11,16H,12,18H2,1-2H3/t16-/m0/s1. The molecular formula is C17H20N2O. The molecule has 2 aromatic rings. The van der Waals surface area contributed by atoms with Crippen molar-refractivity contribution in [2.24, 2.45) is 5.73 Å². The number of likely N-dealkylation sites (N-methyl/N-ethyl adjacent to an activating group) is 1. The van der Waals surface area contributed by atoms with E-state index in [1.165, 1.54) is 5.56 Å². The zero-order valence-electron chi connectivity index (χ0n) is 11.9. The summed E-state index contributed by atoms with van der Waals surface area (Å²) in [6, 6.07) is 17.0. The summed E-state index contributed by atoms with van der Waals surface area (Å²) >= 11 is 0. The molecule has 0 aliphatic heterocycles. The summed E-state index contributed by atoms with van der Waals surface area (Å²) in [6.07, 6.45) is 0. The monoisotopic (exact) mass is 268 g/mol. The van der Waals surface area contributed by atoms with Crippen molar-refractivity contribution in [1.29, 1.82) is 0 Å². The molecule has 0 saturated heterocycles. The molecule has 2 rings (SSSR count). The minimum atomic E-state index is -0.606. The molecule has 0 fully saturated rings. The third-order valence-corrected chi connectivity index (χ3v) is 3.30. The van der Waals surface area contributed by atoms with Gasteiger partial charge in [-0.05, 0) is 18.1 Å². The van der Waals surface area contributed by atoms with Crippen molar-refractivity contribution in [1.82, 2.24) is 4.90 Å². The number of nitrogens with zero attached hydrogens (tertiary/aromatic N) is 1. The SMILES string of the molecule is Cc1cccc(CN(C)C(=O)[C@@H](N)c2ccccc2)c1. The van der Waals surface area contributed by atoms with E-state index in [9.17, 15) is 4.79 Å². The van der Waals surface area contributed by atoms with Crippen LogP contribution in [0, 0.1) is 6.92 Å². The number of aryl methyl sites for hydroxylation is 1. The van der Waals surface area contributed by atoms with Crippen molar-refractivity contribution in [3.05, 3.63) is 71.3 Å². The number of benzene rings is 2. The van der Waals surface area contributed by atoms with Crippen LogP contribution in [0.5, 0.6) is 0 Å². The average molecular weight is 268 g/mol. The maximum atomic E-state index is 12.3. The van der Waals surface area contributed by atoms with Gasteiger partial charge in [-0.15, -0.1) is 0 Å². The molecule has 0 aromatic heterocycles. The van der Waals surface area contributed by atoms with Crippen LogP contribution in [0.25, 0.3) is 0 Å². The first-order chi connectivity index (χ1) is 9.58. The summed E-state index contributed by atoms with van der Waals surface area (Å²) < 4.78 is 0. The summed E-state index contributed by atoms with van der Waals surface area (Å²) in [5.74, 6) is -0.0716. The number of amides is 1. The van der Waals surface area contributed by atoms with Gasteiger partial charge >= 0.3 is 0 Å². The third-order valence-electron chi connectivity index (χ3n) is 3.30. The van der Waals surface area contributed by atoms with Crippen LogP contribution in [0.2, 0.25) is 0 Å². The number of hydrogen-bond donors (Lipinski definition) is 1. The van der Waals surface area contributed by atoms with Crippen LogP contribution in [0.1, 0.15) is 22.7 Å². The summed E-state index contributed by atoms with van der Waals surface area (Å²) in [6.45, 7) is 2.61. The van der Waals surface area contributed by atoms with Crippen LogP contribution >= 0.6 is 0 Å². The van der Waals surface area contributed by atoms with Crippen molar-refractivity contribution >= 4 is 5.91 Å². The fourth-order valence-corrected chi connectivity index (χ4v) is 2.20. The molecule has 0 unspecified atom stereocenters. The van der Waals surface area contributed by atoms with Crippen molar-refractivity contribution in [2.75, 3.05) is 7.05 Å². The van der Waals surface area contributed by atoms with E-state index in [1.807, 2.05) is 55.5 Å². The molecule has 0 radical (unpaired) electrons. The van der Waals surface area contributed by atoms with E-state index >= 15 is 0 Å². The van der Waals surface area contributed by atoms with E-state index in [0.29, 0.717) is 6.54 Å². The van der Waals surface area contributed by atoms with Gasteiger partial charge in [0, 0.05) is 13.6 Å².